The van der Waals surface area contributed by atoms with Crippen LogP contribution in [-0.2, 0) is 0 Å². The van der Waals surface area contributed by atoms with Crippen molar-refractivity contribution < 1.29 is 9.47 Å². The summed E-state index contributed by atoms with van der Waals surface area (Å²) in [6.45, 7) is 7.76. The van der Waals surface area contributed by atoms with Crippen LogP contribution in [0.2, 0.25) is 0 Å². The molecule has 110 valence electrons. The van der Waals surface area contributed by atoms with Crippen molar-refractivity contribution in [2.75, 3.05) is 13.2 Å². The van der Waals surface area contributed by atoms with E-state index < -0.39 is 0 Å². The van der Waals surface area contributed by atoms with Gasteiger partial charge >= 0.3 is 0 Å². The van der Waals surface area contributed by atoms with Crippen LogP contribution in [0, 0.1) is 0 Å². The Morgan fingerprint density at radius 1 is 1.50 bits per heavy atom. The van der Waals surface area contributed by atoms with Gasteiger partial charge in [-0.05, 0) is 32.5 Å². The van der Waals surface area contributed by atoms with Gasteiger partial charge in [0.25, 0.3) is 0 Å². The van der Waals surface area contributed by atoms with E-state index in [1.165, 1.54) is 11.1 Å². The number of hydrogen-bond acceptors (Lipinski definition) is 3. The van der Waals surface area contributed by atoms with E-state index in [4.69, 9.17) is 21.1 Å². The molecule has 0 amide bonds. The Morgan fingerprint density at radius 3 is 3.00 bits per heavy atom. The van der Waals surface area contributed by atoms with E-state index in [1.54, 1.807) is 6.08 Å². The molecule has 0 fully saturated rings. The lowest BCUT2D eigenvalue weighted by Crippen LogP contribution is -2.39. The summed E-state index contributed by atoms with van der Waals surface area (Å²) in [6.07, 6.45) is 2.72. The largest absolute Gasteiger partial charge is 0.489 e. The maximum Gasteiger partial charge on any atom is 0.128 e. The summed E-state index contributed by atoms with van der Waals surface area (Å²) in [5.74, 6) is 1.70. The van der Waals surface area contributed by atoms with Gasteiger partial charge in [-0.25, -0.2) is 0 Å². The fourth-order valence-corrected chi connectivity index (χ4v) is 2.60. The third-order valence-corrected chi connectivity index (χ3v) is 3.51. The lowest BCUT2D eigenvalue weighted by Gasteiger charge is -2.38. The topological polar surface area (TPSA) is 30.5 Å². The van der Waals surface area contributed by atoms with Crippen molar-refractivity contribution in [3.05, 3.63) is 35.4 Å². The molecule has 0 spiro atoms. The van der Waals surface area contributed by atoms with Crippen LogP contribution in [0.3, 0.4) is 0 Å². The molecule has 0 bridgehead atoms. The number of rotatable bonds is 5. The van der Waals surface area contributed by atoms with Gasteiger partial charge in [-0.2, -0.15) is 0 Å². The van der Waals surface area contributed by atoms with Crippen molar-refractivity contribution in [2.45, 2.75) is 38.8 Å². The van der Waals surface area contributed by atoms with Crippen molar-refractivity contribution in [2.24, 2.45) is 0 Å². The van der Waals surface area contributed by atoms with Crippen LogP contribution >= 0.6 is 11.6 Å². The van der Waals surface area contributed by atoms with E-state index in [2.05, 4.69) is 32.2 Å². The Labute approximate surface area is 125 Å². The zero-order valence-electron chi connectivity index (χ0n) is 12.3. The number of hydrogen-bond donors (Lipinski definition) is 1. The highest BCUT2D eigenvalue weighted by Crippen LogP contribution is 2.41. The third-order valence-electron chi connectivity index (χ3n) is 3.33. The molecule has 0 saturated carbocycles. The van der Waals surface area contributed by atoms with Gasteiger partial charge < -0.3 is 14.8 Å². The summed E-state index contributed by atoms with van der Waals surface area (Å²) < 4.78 is 11.7. The molecule has 3 nitrogen and oxygen atoms in total. The van der Waals surface area contributed by atoms with Gasteiger partial charge in [-0.1, -0.05) is 24.6 Å². The highest BCUT2D eigenvalue weighted by Gasteiger charge is 2.33. The zero-order valence-corrected chi connectivity index (χ0v) is 13.0. The minimum Gasteiger partial charge on any atom is -0.489 e. The van der Waals surface area contributed by atoms with Gasteiger partial charge in [-0.15, -0.1) is 0 Å². The SMILES string of the molecule is CCNC1CC(C)(C)Oc2cc(OCC=CCl)ccc21. The molecular weight excluding hydrogens is 274 g/mol. The standard InChI is InChI=1S/C16H22ClNO2/c1-4-18-14-11-16(2,3)20-15-10-12(6-7-13(14)15)19-9-5-8-17/h5-8,10,14,18H,4,9,11H2,1-3H3. The van der Waals surface area contributed by atoms with E-state index in [1.807, 2.05) is 12.1 Å². The summed E-state index contributed by atoms with van der Waals surface area (Å²) >= 11 is 5.48. The molecule has 0 aromatic heterocycles. The molecule has 1 aliphatic rings. The van der Waals surface area contributed by atoms with E-state index >= 15 is 0 Å². The first kappa shape index (κ1) is 15.2. The Hall–Kier alpha value is -1.19. The van der Waals surface area contributed by atoms with Crippen LogP contribution in [0.5, 0.6) is 11.5 Å². The van der Waals surface area contributed by atoms with E-state index in [0.29, 0.717) is 12.6 Å². The second-order valence-corrected chi connectivity index (χ2v) is 5.80. The minimum absolute atomic E-state index is 0.172. The molecule has 0 radical (unpaired) electrons. The van der Waals surface area contributed by atoms with E-state index in [0.717, 1.165) is 24.5 Å². The van der Waals surface area contributed by atoms with Crippen LogP contribution in [0.25, 0.3) is 0 Å². The number of ether oxygens (including phenoxy) is 2. The molecule has 20 heavy (non-hydrogen) atoms. The van der Waals surface area contributed by atoms with Crippen molar-refractivity contribution in [1.29, 1.82) is 0 Å². The molecule has 1 unspecified atom stereocenters. The summed E-state index contributed by atoms with van der Waals surface area (Å²) in [5, 5.41) is 3.52. The van der Waals surface area contributed by atoms with Gasteiger partial charge in [0, 0.05) is 29.6 Å². The molecule has 1 aliphatic heterocycles. The van der Waals surface area contributed by atoms with Gasteiger partial charge in [0.05, 0.1) is 0 Å². The van der Waals surface area contributed by atoms with Crippen molar-refractivity contribution in [3.63, 3.8) is 0 Å². The van der Waals surface area contributed by atoms with Crippen molar-refractivity contribution in [3.8, 4) is 11.5 Å². The van der Waals surface area contributed by atoms with Crippen molar-refractivity contribution in [1.82, 2.24) is 5.32 Å². The minimum atomic E-state index is -0.172. The Bertz CT molecular complexity index is 485. The van der Waals surface area contributed by atoms with E-state index in [9.17, 15) is 0 Å². The number of fused-ring (bicyclic) bond motifs is 1. The highest BCUT2D eigenvalue weighted by molar-refractivity contribution is 6.25. The molecule has 2 rings (SSSR count). The monoisotopic (exact) mass is 295 g/mol. The Kier molecular flexibility index (Phi) is 4.95. The van der Waals surface area contributed by atoms with Gasteiger partial charge in [0.15, 0.2) is 0 Å². The fourth-order valence-electron chi connectivity index (χ4n) is 2.53. The first-order chi connectivity index (χ1) is 9.55. The molecule has 0 saturated heterocycles. The van der Waals surface area contributed by atoms with Gasteiger partial charge in [-0.3, -0.25) is 0 Å². The van der Waals surface area contributed by atoms with Crippen molar-refractivity contribution >= 4 is 11.6 Å². The normalized spacial score (nSPS) is 20.5. The molecule has 1 N–H and O–H groups in total. The highest BCUT2D eigenvalue weighted by atomic mass is 35.5. The first-order valence-corrected chi connectivity index (χ1v) is 7.44. The lowest BCUT2D eigenvalue weighted by atomic mass is 9.89. The average Bonchev–Trinajstić information content (AvgIpc) is 2.37. The first-order valence-electron chi connectivity index (χ1n) is 7.00. The summed E-state index contributed by atoms with van der Waals surface area (Å²) in [7, 11) is 0. The molecule has 1 aromatic rings. The van der Waals surface area contributed by atoms with Gasteiger partial charge in [0.1, 0.15) is 23.7 Å². The fraction of sp³-hybridized carbons (Fsp3) is 0.500. The number of halogens is 1. The molecule has 1 heterocycles. The summed E-state index contributed by atoms with van der Waals surface area (Å²) in [6, 6.07) is 6.35. The van der Waals surface area contributed by atoms with Crippen LogP contribution < -0.4 is 14.8 Å². The summed E-state index contributed by atoms with van der Waals surface area (Å²) in [5.41, 5.74) is 2.49. The van der Waals surface area contributed by atoms with Crippen LogP contribution in [0.4, 0.5) is 0 Å². The van der Waals surface area contributed by atoms with Crippen LogP contribution in [-0.4, -0.2) is 18.8 Å². The number of benzene rings is 1. The molecule has 0 aliphatic carbocycles. The quantitative estimate of drug-likeness (QED) is 0.889. The summed E-state index contributed by atoms with van der Waals surface area (Å²) in [4.78, 5) is 0. The maximum atomic E-state index is 6.08. The Morgan fingerprint density at radius 2 is 2.30 bits per heavy atom. The second kappa shape index (κ2) is 6.51. The number of nitrogens with one attached hydrogen (secondary N) is 1. The third kappa shape index (κ3) is 3.68. The maximum absolute atomic E-state index is 6.08. The van der Waals surface area contributed by atoms with Gasteiger partial charge in [0.2, 0.25) is 0 Å². The lowest BCUT2D eigenvalue weighted by molar-refractivity contribution is 0.0661. The Balaban J connectivity index is 2.22. The average molecular weight is 296 g/mol. The van der Waals surface area contributed by atoms with Crippen LogP contribution in [0.1, 0.15) is 38.8 Å². The molecule has 4 heteroatoms. The molecular formula is C16H22ClNO2. The molecule has 1 aromatic carbocycles. The van der Waals surface area contributed by atoms with E-state index in [-0.39, 0.29) is 5.60 Å². The zero-order chi connectivity index (χ0) is 14.6. The predicted octanol–water partition coefficient (Wildman–Crippen LogP) is 4.03. The smallest absolute Gasteiger partial charge is 0.128 e. The predicted molar refractivity (Wildman–Crippen MR) is 82.7 cm³/mol. The second-order valence-electron chi connectivity index (χ2n) is 5.55. The molecule has 1 atom stereocenters. The van der Waals surface area contributed by atoms with Crippen LogP contribution in [0.15, 0.2) is 29.8 Å².